The van der Waals surface area contributed by atoms with Gasteiger partial charge in [0, 0.05) is 30.1 Å². The largest absolute Gasteiger partial charge is 0.444 e. The van der Waals surface area contributed by atoms with Crippen molar-refractivity contribution >= 4 is 6.09 Å². The van der Waals surface area contributed by atoms with Crippen molar-refractivity contribution in [2.45, 2.75) is 45.3 Å². The summed E-state index contributed by atoms with van der Waals surface area (Å²) in [7, 11) is 0. The van der Waals surface area contributed by atoms with Crippen LogP contribution in [0.1, 0.15) is 50.1 Å². The normalized spacial score (nSPS) is 14.2. The molecule has 1 aliphatic rings. The maximum Gasteiger partial charge on any atom is 0.410 e. The van der Waals surface area contributed by atoms with E-state index in [0.29, 0.717) is 25.2 Å². The van der Waals surface area contributed by atoms with Gasteiger partial charge in [0.1, 0.15) is 11.3 Å². The first-order valence-electron chi connectivity index (χ1n) is 11.8. The Bertz CT molecular complexity index is 1390. The van der Waals surface area contributed by atoms with Crippen molar-refractivity contribution in [3.05, 3.63) is 71.7 Å². The van der Waals surface area contributed by atoms with Crippen LogP contribution in [0, 0.1) is 0 Å². The number of likely N-dealkylation sites (tertiary alicyclic amines) is 1. The third-order valence-electron chi connectivity index (χ3n) is 5.90. The Kier molecular flexibility index (Phi) is 6.45. The van der Waals surface area contributed by atoms with Crippen LogP contribution >= 0.6 is 0 Å². The van der Waals surface area contributed by atoms with Crippen molar-refractivity contribution in [2.75, 3.05) is 13.1 Å². The predicted molar refractivity (Wildman–Crippen MR) is 130 cm³/mol. The molecule has 37 heavy (non-hydrogen) atoms. The fourth-order valence-corrected chi connectivity index (χ4v) is 4.00. The Hall–Kier alpha value is -4.15. The smallest absolute Gasteiger partial charge is 0.410 e. The van der Waals surface area contributed by atoms with Gasteiger partial charge in [0.2, 0.25) is 5.89 Å². The van der Waals surface area contributed by atoms with Gasteiger partial charge in [-0.15, -0.1) is 15.3 Å². The van der Waals surface area contributed by atoms with E-state index >= 15 is 0 Å². The summed E-state index contributed by atoms with van der Waals surface area (Å²) in [6.07, 6.45) is -1.22. The van der Waals surface area contributed by atoms with Gasteiger partial charge in [0.25, 0.3) is 5.89 Å². The Morgan fingerprint density at radius 1 is 1.08 bits per heavy atom. The number of alkyl halides is 2. The summed E-state index contributed by atoms with van der Waals surface area (Å²) >= 11 is 0. The lowest BCUT2D eigenvalue weighted by Gasteiger charge is -2.40. The molecule has 192 valence electrons. The molecule has 0 bridgehead atoms. The topological polar surface area (TPSA) is 99.2 Å². The Morgan fingerprint density at radius 3 is 2.51 bits per heavy atom. The van der Waals surface area contributed by atoms with Crippen molar-refractivity contribution in [1.29, 1.82) is 0 Å². The predicted octanol–water partition coefficient (Wildman–Crippen LogP) is 5.32. The van der Waals surface area contributed by atoms with Gasteiger partial charge in [-0.3, -0.25) is 0 Å². The monoisotopic (exact) mass is 508 g/mol. The molecule has 1 aliphatic heterocycles. The van der Waals surface area contributed by atoms with Gasteiger partial charge < -0.3 is 14.1 Å². The van der Waals surface area contributed by atoms with E-state index < -0.39 is 17.9 Å². The van der Waals surface area contributed by atoms with E-state index in [1.807, 2.05) is 51.2 Å². The van der Waals surface area contributed by atoms with Gasteiger partial charge in [0.15, 0.2) is 0 Å². The first-order valence-corrected chi connectivity index (χ1v) is 11.8. The molecular weight excluding hydrogens is 482 g/mol. The highest BCUT2D eigenvalue weighted by Gasteiger charge is 2.34. The molecule has 9 nitrogen and oxygen atoms in total. The van der Waals surface area contributed by atoms with E-state index in [9.17, 15) is 13.6 Å². The molecule has 11 heteroatoms. The summed E-state index contributed by atoms with van der Waals surface area (Å²) < 4.78 is 37.5. The van der Waals surface area contributed by atoms with Crippen molar-refractivity contribution in [2.24, 2.45) is 0 Å². The number of aromatic nitrogens is 5. The quantitative estimate of drug-likeness (QED) is 0.348. The van der Waals surface area contributed by atoms with Crippen LogP contribution in [0.5, 0.6) is 0 Å². The molecule has 3 heterocycles. The first-order chi connectivity index (χ1) is 17.6. The average molecular weight is 509 g/mol. The van der Waals surface area contributed by atoms with Gasteiger partial charge in [0.05, 0.1) is 12.7 Å². The third kappa shape index (κ3) is 5.65. The van der Waals surface area contributed by atoms with Crippen molar-refractivity contribution in [3.8, 4) is 22.7 Å². The van der Waals surface area contributed by atoms with Crippen LogP contribution in [0.2, 0.25) is 0 Å². The molecule has 2 aromatic heterocycles. The maximum atomic E-state index is 12.7. The molecule has 0 spiro atoms. The zero-order valence-corrected chi connectivity index (χ0v) is 20.6. The van der Waals surface area contributed by atoms with Gasteiger partial charge in [-0.1, -0.05) is 35.5 Å². The lowest BCUT2D eigenvalue weighted by atomic mass is 9.90. The second-order valence-corrected chi connectivity index (χ2v) is 9.95. The van der Waals surface area contributed by atoms with Gasteiger partial charge in [-0.2, -0.15) is 8.78 Å². The maximum absolute atomic E-state index is 12.7. The van der Waals surface area contributed by atoms with E-state index in [1.165, 1.54) is 0 Å². The molecule has 4 aromatic rings. The molecule has 1 fully saturated rings. The zero-order chi connectivity index (χ0) is 26.2. The van der Waals surface area contributed by atoms with Crippen molar-refractivity contribution < 1.29 is 22.7 Å². The third-order valence-corrected chi connectivity index (χ3v) is 5.90. The lowest BCUT2D eigenvalue weighted by Crippen LogP contribution is -2.50. The molecule has 1 amide bonds. The summed E-state index contributed by atoms with van der Waals surface area (Å²) in [6.45, 7) is 7.29. The van der Waals surface area contributed by atoms with Crippen LogP contribution < -0.4 is 0 Å². The molecule has 0 radical (unpaired) electrons. The highest BCUT2D eigenvalue weighted by atomic mass is 19.3. The summed E-state index contributed by atoms with van der Waals surface area (Å²) in [4.78, 5) is 13.9. The van der Waals surface area contributed by atoms with Gasteiger partial charge in [-0.05, 0) is 50.1 Å². The fraction of sp³-hybridized carbons (Fsp3) is 0.346. The molecule has 1 saturated heterocycles. The highest BCUT2D eigenvalue weighted by Crippen LogP contribution is 2.31. The number of carbonyl (C=O) groups is 1. The van der Waals surface area contributed by atoms with Crippen LogP contribution in [0.3, 0.4) is 0 Å². The fourth-order valence-electron chi connectivity index (χ4n) is 4.00. The lowest BCUT2D eigenvalue weighted by molar-refractivity contribution is 0.00819. The minimum Gasteiger partial charge on any atom is -0.444 e. The van der Waals surface area contributed by atoms with E-state index in [2.05, 4.69) is 32.6 Å². The second-order valence-electron chi connectivity index (χ2n) is 9.95. The molecule has 0 saturated carbocycles. The number of nitrogens with zero attached hydrogens (tertiary/aromatic N) is 6. The number of halogens is 2. The standard InChI is InChI=1S/C26H26F2N6O3/c1-26(2,3)37-25(35)33-13-20(14-33)18-5-4-6-19(11-18)21-15-34(32-29-21)12-16-7-9-17(10-8-16)23-30-31-24(36-23)22(27)28/h4-11,15,20,22H,12-14H2,1-3H3. The number of amides is 1. The van der Waals surface area contributed by atoms with Crippen LogP contribution in [0.15, 0.2) is 59.1 Å². The van der Waals surface area contributed by atoms with Crippen LogP contribution in [0.4, 0.5) is 13.6 Å². The van der Waals surface area contributed by atoms with E-state index in [-0.39, 0.29) is 17.9 Å². The number of hydrogen-bond acceptors (Lipinski definition) is 7. The van der Waals surface area contributed by atoms with Crippen molar-refractivity contribution in [3.63, 3.8) is 0 Å². The Morgan fingerprint density at radius 2 is 1.84 bits per heavy atom. The first kappa shape index (κ1) is 24.5. The van der Waals surface area contributed by atoms with E-state index in [4.69, 9.17) is 9.15 Å². The van der Waals surface area contributed by atoms with Gasteiger partial charge >= 0.3 is 12.5 Å². The number of ether oxygens (including phenoxy) is 1. The van der Waals surface area contributed by atoms with Crippen LogP contribution in [0.25, 0.3) is 22.7 Å². The summed E-state index contributed by atoms with van der Waals surface area (Å²) in [5.41, 5.74) is 3.82. The van der Waals surface area contributed by atoms with Crippen LogP contribution in [-0.4, -0.2) is 54.9 Å². The summed E-state index contributed by atoms with van der Waals surface area (Å²) in [6, 6.07) is 15.3. The zero-order valence-electron chi connectivity index (χ0n) is 20.6. The summed E-state index contributed by atoms with van der Waals surface area (Å²) in [5, 5.41) is 15.6. The molecule has 0 atom stereocenters. The minimum atomic E-state index is -2.80. The summed E-state index contributed by atoms with van der Waals surface area (Å²) in [5.74, 6) is -0.405. The molecule has 5 rings (SSSR count). The number of hydrogen-bond donors (Lipinski definition) is 0. The number of rotatable bonds is 6. The number of benzene rings is 2. The molecule has 2 aromatic carbocycles. The Balaban J connectivity index is 1.21. The molecule has 0 aliphatic carbocycles. The molecule has 0 N–H and O–H groups in total. The average Bonchev–Trinajstić information content (AvgIpc) is 3.48. The second kappa shape index (κ2) is 9.72. The Labute approximate surface area is 212 Å². The van der Waals surface area contributed by atoms with E-state index in [0.717, 1.165) is 22.4 Å². The SMILES string of the molecule is CC(C)(C)OC(=O)N1CC(c2cccc(-c3cn(Cc4ccc(-c5nnc(C(F)F)o5)cc4)nn3)c2)C1. The number of carbonyl (C=O) groups excluding carboxylic acids is 1. The van der Waals surface area contributed by atoms with Crippen LogP contribution in [-0.2, 0) is 11.3 Å². The van der Waals surface area contributed by atoms with Gasteiger partial charge in [-0.25, -0.2) is 9.48 Å². The van der Waals surface area contributed by atoms with E-state index in [1.54, 1.807) is 21.7 Å². The van der Waals surface area contributed by atoms with Crippen molar-refractivity contribution in [1.82, 2.24) is 30.1 Å². The molecule has 0 unspecified atom stereocenters. The molecular formula is C26H26F2N6O3. The highest BCUT2D eigenvalue weighted by molar-refractivity contribution is 5.70. The minimum absolute atomic E-state index is 0.0467.